The normalized spacial score (nSPS) is 11.1. The summed E-state index contributed by atoms with van der Waals surface area (Å²) in [6, 6.07) is 11.7. The van der Waals surface area contributed by atoms with Crippen molar-refractivity contribution in [3.63, 3.8) is 0 Å². The number of carbonyl (C=O) groups excluding carboxylic acids is 2. The third kappa shape index (κ3) is 4.96. The lowest BCUT2D eigenvalue weighted by Gasteiger charge is -2.17. The number of para-hydroxylation sites is 1. The van der Waals surface area contributed by atoms with Crippen LogP contribution in [0.4, 0.5) is 24.5 Å². The van der Waals surface area contributed by atoms with E-state index in [1.54, 1.807) is 30.3 Å². The fraction of sp³-hybridized carbons (Fsp3) is 0.176. The number of hydrogen-bond acceptors (Lipinski definition) is 2. The Morgan fingerprint density at radius 2 is 1.76 bits per heavy atom. The molecule has 132 valence electrons. The first-order valence-electron chi connectivity index (χ1n) is 7.16. The molecule has 4 nitrogen and oxygen atoms in total. The number of halogens is 4. The number of carbonyl (C=O) groups is 2. The van der Waals surface area contributed by atoms with Crippen LogP contribution in [0, 0.1) is 0 Å². The van der Waals surface area contributed by atoms with Crippen molar-refractivity contribution >= 4 is 34.8 Å². The molecule has 0 heterocycles. The van der Waals surface area contributed by atoms with Crippen molar-refractivity contribution in [3.8, 4) is 0 Å². The predicted molar refractivity (Wildman–Crippen MR) is 89.6 cm³/mol. The molecule has 0 aliphatic heterocycles. The van der Waals surface area contributed by atoms with Crippen LogP contribution in [0.2, 0.25) is 5.02 Å². The van der Waals surface area contributed by atoms with Crippen LogP contribution in [0.25, 0.3) is 0 Å². The van der Waals surface area contributed by atoms with Gasteiger partial charge in [-0.05, 0) is 30.3 Å². The molecule has 0 radical (unpaired) electrons. The molecule has 0 atom stereocenters. The number of alkyl halides is 3. The van der Waals surface area contributed by atoms with Crippen LogP contribution in [-0.4, -0.2) is 18.9 Å². The van der Waals surface area contributed by atoms with Crippen LogP contribution in [0.5, 0.6) is 0 Å². The lowest BCUT2D eigenvalue weighted by Crippen LogP contribution is -2.30. The Morgan fingerprint density at radius 3 is 2.36 bits per heavy atom. The zero-order valence-corrected chi connectivity index (χ0v) is 13.9. The molecular weight excluding hydrogens is 357 g/mol. The third-order valence-corrected chi connectivity index (χ3v) is 3.71. The molecule has 0 spiro atoms. The number of hydrogen-bond donors (Lipinski definition) is 1. The highest BCUT2D eigenvalue weighted by atomic mass is 35.5. The van der Waals surface area contributed by atoms with Gasteiger partial charge in [-0.25, -0.2) is 0 Å². The zero-order valence-electron chi connectivity index (χ0n) is 13.1. The fourth-order valence-electron chi connectivity index (χ4n) is 2.08. The second kappa shape index (κ2) is 7.57. The summed E-state index contributed by atoms with van der Waals surface area (Å²) in [7, 11) is 1.51. The van der Waals surface area contributed by atoms with Crippen LogP contribution in [-0.2, 0) is 15.8 Å². The summed E-state index contributed by atoms with van der Waals surface area (Å²) in [6.07, 6.45) is -5.14. The van der Waals surface area contributed by atoms with Gasteiger partial charge in [-0.15, -0.1) is 0 Å². The Balaban J connectivity index is 2.04. The van der Waals surface area contributed by atoms with E-state index in [9.17, 15) is 22.8 Å². The number of nitrogens with one attached hydrogen (secondary N) is 1. The average molecular weight is 371 g/mol. The SMILES string of the molecule is CN(C(=O)CC(=O)Nc1ccc(Cl)c(C(F)(F)F)c1)c1ccccc1. The quantitative estimate of drug-likeness (QED) is 0.813. The van der Waals surface area contributed by atoms with Crippen LogP contribution >= 0.6 is 11.6 Å². The summed E-state index contributed by atoms with van der Waals surface area (Å²) in [4.78, 5) is 25.3. The first kappa shape index (κ1) is 18.8. The molecule has 0 aliphatic rings. The van der Waals surface area contributed by atoms with Gasteiger partial charge in [0.2, 0.25) is 11.8 Å². The van der Waals surface area contributed by atoms with Crippen LogP contribution in [0.3, 0.4) is 0 Å². The largest absolute Gasteiger partial charge is 0.417 e. The van der Waals surface area contributed by atoms with E-state index in [0.29, 0.717) is 5.69 Å². The summed E-state index contributed by atoms with van der Waals surface area (Å²) in [5, 5.41) is 1.81. The Labute approximate surface area is 147 Å². The molecule has 2 amide bonds. The standard InChI is InChI=1S/C17H14ClF3N2O2/c1-23(12-5-3-2-4-6-12)16(25)10-15(24)22-11-7-8-14(18)13(9-11)17(19,20)21/h2-9H,10H2,1H3,(H,22,24). The maximum absolute atomic E-state index is 12.8. The molecule has 25 heavy (non-hydrogen) atoms. The van der Waals surface area contributed by atoms with E-state index in [0.717, 1.165) is 12.1 Å². The summed E-state index contributed by atoms with van der Waals surface area (Å²) >= 11 is 5.52. The van der Waals surface area contributed by atoms with Gasteiger partial charge in [-0.3, -0.25) is 9.59 Å². The van der Waals surface area contributed by atoms with E-state index < -0.39 is 35.0 Å². The zero-order chi connectivity index (χ0) is 18.6. The topological polar surface area (TPSA) is 49.4 Å². The van der Waals surface area contributed by atoms with Gasteiger partial charge in [0.05, 0.1) is 10.6 Å². The lowest BCUT2D eigenvalue weighted by atomic mass is 10.2. The van der Waals surface area contributed by atoms with Crippen molar-refractivity contribution in [1.29, 1.82) is 0 Å². The van der Waals surface area contributed by atoms with E-state index in [2.05, 4.69) is 5.32 Å². The molecular formula is C17H14ClF3N2O2. The Morgan fingerprint density at radius 1 is 1.12 bits per heavy atom. The molecule has 0 aliphatic carbocycles. The molecule has 0 saturated heterocycles. The van der Waals surface area contributed by atoms with Crippen molar-refractivity contribution in [1.82, 2.24) is 0 Å². The van der Waals surface area contributed by atoms with Gasteiger partial charge < -0.3 is 10.2 Å². The van der Waals surface area contributed by atoms with Crippen molar-refractivity contribution in [2.75, 3.05) is 17.3 Å². The second-order valence-electron chi connectivity index (χ2n) is 5.21. The predicted octanol–water partition coefficient (Wildman–Crippen LogP) is 4.35. The number of amides is 2. The number of anilines is 2. The van der Waals surface area contributed by atoms with E-state index in [1.165, 1.54) is 18.0 Å². The molecule has 2 aromatic carbocycles. The molecule has 0 bridgehead atoms. The molecule has 0 saturated carbocycles. The number of nitrogens with zero attached hydrogens (tertiary/aromatic N) is 1. The van der Waals surface area contributed by atoms with Crippen molar-refractivity contribution in [2.24, 2.45) is 0 Å². The van der Waals surface area contributed by atoms with Gasteiger partial charge in [0, 0.05) is 18.4 Å². The third-order valence-electron chi connectivity index (χ3n) is 3.38. The van der Waals surface area contributed by atoms with Gasteiger partial charge in [0.1, 0.15) is 6.42 Å². The minimum absolute atomic E-state index is 0.0862. The van der Waals surface area contributed by atoms with E-state index in [1.807, 2.05) is 0 Å². The second-order valence-corrected chi connectivity index (χ2v) is 5.61. The maximum atomic E-state index is 12.8. The summed E-state index contributed by atoms with van der Waals surface area (Å²) < 4.78 is 38.4. The van der Waals surface area contributed by atoms with E-state index >= 15 is 0 Å². The fourth-order valence-corrected chi connectivity index (χ4v) is 2.30. The molecule has 1 N–H and O–H groups in total. The van der Waals surface area contributed by atoms with Crippen molar-refractivity contribution < 1.29 is 22.8 Å². The summed E-state index contributed by atoms with van der Waals surface area (Å²) in [5.41, 5.74) is -0.539. The van der Waals surface area contributed by atoms with Gasteiger partial charge in [0.25, 0.3) is 0 Å². The van der Waals surface area contributed by atoms with Gasteiger partial charge in [0.15, 0.2) is 0 Å². The molecule has 2 rings (SSSR count). The Kier molecular flexibility index (Phi) is 5.69. The minimum Gasteiger partial charge on any atom is -0.326 e. The molecule has 2 aromatic rings. The van der Waals surface area contributed by atoms with Crippen LogP contribution < -0.4 is 10.2 Å². The van der Waals surface area contributed by atoms with E-state index in [-0.39, 0.29) is 5.69 Å². The highest BCUT2D eigenvalue weighted by Crippen LogP contribution is 2.36. The minimum atomic E-state index is -4.64. The van der Waals surface area contributed by atoms with Crippen molar-refractivity contribution in [2.45, 2.75) is 12.6 Å². The van der Waals surface area contributed by atoms with E-state index in [4.69, 9.17) is 11.6 Å². The van der Waals surface area contributed by atoms with Gasteiger partial charge in [-0.1, -0.05) is 29.8 Å². The smallest absolute Gasteiger partial charge is 0.326 e. The number of rotatable bonds is 4. The molecule has 0 unspecified atom stereocenters. The van der Waals surface area contributed by atoms with Crippen LogP contribution in [0.15, 0.2) is 48.5 Å². The number of benzene rings is 2. The first-order valence-corrected chi connectivity index (χ1v) is 7.54. The molecule has 0 aromatic heterocycles. The van der Waals surface area contributed by atoms with Crippen LogP contribution in [0.1, 0.15) is 12.0 Å². The Bertz CT molecular complexity index is 779. The van der Waals surface area contributed by atoms with Gasteiger partial charge in [-0.2, -0.15) is 13.2 Å². The molecule has 0 fully saturated rings. The molecule has 8 heteroatoms. The average Bonchev–Trinajstić information content (AvgIpc) is 2.55. The van der Waals surface area contributed by atoms with Crippen molar-refractivity contribution in [3.05, 3.63) is 59.1 Å². The Hall–Kier alpha value is -2.54. The summed E-state index contributed by atoms with van der Waals surface area (Å²) in [5.74, 6) is -1.21. The van der Waals surface area contributed by atoms with Gasteiger partial charge >= 0.3 is 6.18 Å². The lowest BCUT2D eigenvalue weighted by molar-refractivity contribution is -0.137. The highest BCUT2D eigenvalue weighted by Gasteiger charge is 2.33. The summed E-state index contributed by atoms with van der Waals surface area (Å²) in [6.45, 7) is 0. The monoisotopic (exact) mass is 370 g/mol. The maximum Gasteiger partial charge on any atom is 0.417 e. The highest BCUT2D eigenvalue weighted by molar-refractivity contribution is 6.31. The first-order chi connectivity index (χ1) is 11.7.